The van der Waals surface area contributed by atoms with E-state index in [0.717, 1.165) is 5.56 Å². The number of ether oxygens (including phenoxy) is 2. The Balaban J connectivity index is 1.63. The molecule has 0 radical (unpaired) electrons. The van der Waals surface area contributed by atoms with Gasteiger partial charge in [0.2, 0.25) is 0 Å². The quantitative estimate of drug-likeness (QED) is 0.834. The summed E-state index contributed by atoms with van der Waals surface area (Å²) in [4.78, 5) is 14.3. The highest BCUT2D eigenvalue weighted by molar-refractivity contribution is 6.30. The Kier molecular flexibility index (Phi) is 6.19. The number of hydrogen-bond donors (Lipinski definition) is 1. The zero-order valence-electron chi connectivity index (χ0n) is 15.3. The van der Waals surface area contributed by atoms with E-state index in [9.17, 15) is 9.18 Å². The average Bonchev–Trinajstić information content (AvgIpc) is 2.64. The second-order valence-corrected chi connectivity index (χ2v) is 6.86. The molecule has 1 fully saturated rings. The minimum Gasteiger partial charge on any atom is -0.481 e. The van der Waals surface area contributed by atoms with E-state index in [1.807, 2.05) is 11.8 Å². The van der Waals surface area contributed by atoms with E-state index in [1.54, 1.807) is 37.3 Å². The molecule has 3 rings (SSSR count). The molecule has 1 aliphatic heterocycles. The second kappa shape index (κ2) is 8.59. The van der Waals surface area contributed by atoms with Crippen LogP contribution in [-0.4, -0.2) is 38.3 Å². The zero-order valence-corrected chi connectivity index (χ0v) is 16.1. The van der Waals surface area contributed by atoms with Crippen molar-refractivity contribution in [3.63, 3.8) is 0 Å². The van der Waals surface area contributed by atoms with Crippen molar-refractivity contribution in [2.24, 2.45) is 0 Å². The molecule has 0 spiro atoms. The van der Waals surface area contributed by atoms with Crippen molar-refractivity contribution in [2.75, 3.05) is 36.5 Å². The summed E-state index contributed by atoms with van der Waals surface area (Å²) in [5.74, 6) is -0.157. The molecule has 1 aliphatic rings. The lowest BCUT2D eigenvalue weighted by Crippen LogP contribution is -2.36. The number of amides is 1. The van der Waals surface area contributed by atoms with Gasteiger partial charge in [0, 0.05) is 23.8 Å². The van der Waals surface area contributed by atoms with Crippen molar-refractivity contribution in [3.8, 4) is 5.75 Å². The third-order valence-electron chi connectivity index (χ3n) is 4.38. The number of carbonyl (C=O) groups is 1. The lowest BCUT2D eigenvalue weighted by Gasteiger charge is -2.29. The monoisotopic (exact) mass is 392 g/mol. The van der Waals surface area contributed by atoms with Crippen LogP contribution >= 0.6 is 11.6 Å². The maximum atomic E-state index is 14.4. The molecule has 1 atom stereocenters. The van der Waals surface area contributed by atoms with Crippen molar-refractivity contribution < 1.29 is 18.7 Å². The van der Waals surface area contributed by atoms with Gasteiger partial charge >= 0.3 is 0 Å². The van der Waals surface area contributed by atoms with Crippen LogP contribution in [0.15, 0.2) is 36.4 Å². The molecule has 1 unspecified atom stereocenters. The number of morpholine rings is 1. The Morgan fingerprint density at radius 2 is 2.00 bits per heavy atom. The fourth-order valence-electron chi connectivity index (χ4n) is 2.88. The van der Waals surface area contributed by atoms with E-state index in [0.29, 0.717) is 48.5 Å². The molecule has 1 amide bonds. The number of nitrogens with one attached hydrogen (secondary N) is 1. The standard InChI is InChI=1S/C20H22ClFN2O3/c1-13-11-15(21)3-6-19(13)27-14(2)20(25)23-16-4-5-18(17(22)12-16)24-7-9-26-10-8-24/h3-6,11-12,14H,7-10H2,1-2H3,(H,23,25). The summed E-state index contributed by atoms with van der Waals surface area (Å²) in [5.41, 5.74) is 1.73. The van der Waals surface area contributed by atoms with Gasteiger partial charge in [-0.1, -0.05) is 11.6 Å². The Morgan fingerprint density at radius 1 is 1.26 bits per heavy atom. The largest absolute Gasteiger partial charge is 0.481 e. The Hall–Kier alpha value is -2.31. The van der Waals surface area contributed by atoms with E-state index in [4.69, 9.17) is 21.1 Å². The average molecular weight is 393 g/mol. The Labute approximate surface area is 163 Å². The van der Waals surface area contributed by atoms with Crippen LogP contribution < -0.4 is 15.0 Å². The van der Waals surface area contributed by atoms with Crippen LogP contribution in [0.3, 0.4) is 0 Å². The van der Waals surface area contributed by atoms with Crippen LogP contribution in [0.1, 0.15) is 12.5 Å². The highest BCUT2D eigenvalue weighted by atomic mass is 35.5. The number of halogens is 2. The molecule has 1 saturated heterocycles. The van der Waals surface area contributed by atoms with Gasteiger partial charge in [-0.2, -0.15) is 0 Å². The van der Waals surface area contributed by atoms with Gasteiger partial charge in [-0.25, -0.2) is 4.39 Å². The molecule has 7 heteroatoms. The summed E-state index contributed by atoms with van der Waals surface area (Å²) in [5, 5.41) is 3.29. The van der Waals surface area contributed by atoms with Gasteiger partial charge < -0.3 is 19.7 Å². The predicted octanol–water partition coefficient (Wildman–Crippen LogP) is 4.03. The molecule has 1 N–H and O–H groups in total. The molecule has 0 bridgehead atoms. The van der Waals surface area contributed by atoms with Crippen molar-refractivity contribution in [3.05, 3.63) is 52.8 Å². The minimum atomic E-state index is -0.744. The highest BCUT2D eigenvalue weighted by Gasteiger charge is 2.18. The summed E-state index contributed by atoms with van der Waals surface area (Å²) >= 11 is 5.93. The normalized spacial score (nSPS) is 15.3. The topological polar surface area (TPSA) is 50.8 Å². The van der Waals surface area contributed by atoms with E-state index < -0.39 is 6.10 Å². The molecule has 27 heavy (non-hydrogen) atoms. The number of aryl methyl sites for hydroxylation is 1. The Morgan fingerprint density at radius 3 is 2.67 bits per heavy atom. The molecule has 0 aromatic heterocycles. The molecule has 5 nitrogen and oxygen atoms in total. The molecule has 1 heterocycles. The smallest absolute Gasteiger partial charge is 0.265 e. The summed E-state index contributed by atoms with van der Waals surface area (Å²) in [7, 11) is 0. The second-order valence-electron chi connectivity index (χ2n) is 6.42. The SMILES string of the molecule is Cc1cc(Cl)ccc1OC(C)C(=O)Nc1ccc(N2CCOCC2)c(F)c1. The number of hydrogen-bond acceptors (Lipinski definition) is 4. The van der Waals surface area contributed by atoms with Gasteiger partial charge in [0.15, 0.2) is 6.10 Å². The highest BCUT2D eigenvalue weighted by Crippen LogP contribution is 2.25. The number of benzene rings is 2. The fourth-order valence-corrected chi connectivity index (χ4v) is 3.10. The molecule has 0 saturated carbocycles. The van der Waals surface area contributed by atoms with Crippen LogP contribution in [0.5, 0.6) is 5.75 Å². The van der Waals surface area contributed by atoms with Gasteiger partial charge in [-0.15, -0.1) is 0 Å². The number of nitrogens with zero attached hydrogens (tertiary/aromatic N) is 1. The van der Waals surface area contributed by atoms with Gasteiger partial charge in [-0.05, 0) is 55.8 Å². The first-order chi connectivity index (χ1) is 12.9. The molecule has 144 valence electrons. The first kappa shape index (κ1) is 19.5. The fraction of sp³-hybridized carbons (Fsp3) is 0.350. The van der Waals surface area contributed by atoms with Crippen molar-refractivity contribution >= 4 is 28.9 Å². The van der Waals surface area contributed by atoms with Gasteiger partial charge in [-0.3, -0.25) is 4.79 Å². The van der Waals surface area contributed by atoms with Crippen LogP contribution in [0.2, 0.25) is 5.02 Å². The lowest BCUT2D eigenvalue weighted by atomic mass is 10.2. The first-order valence-electron chi connectivity index (χ1n) is 8.80. The maximum Gasteiger partial charge on any atom is 0.265 e. The predicted molar refractivity (Wildman–Crippen MR) is 104 cm³/mol. The zero-order chi connectivity index (χ0) is 19.4. The molecule has 2 aromatic carbocycles. The van der Waals surface area contributed by atoms with Crippen LogP contribution in [0.25, 0.3) is 0 Å². The van der Waals surface area contributed by atoms with Crippen LogP contribution in [0, 0.1) is 12.7 Å². The molecular weight excluding hydrogens is 371 g/mol. The minimum absolute atomic E-state index is 0.358. The van der Waals surface area contributed by atoms with Crippen LogP contribution in [-0.2, 0) is 9.53 Å². The van der Waals surface area contributed by atoms with Crippen LogP contribution in [0.4, 0.5) is 15.8 Å². The number of anilines is 2. The van der Waals surface area contributed by atoms with Gasteiger partial charge in [0.05, 0.1) is 18.9 Å². The van der Waals surface area contributed by atoms with E-state index >= 15 is 0 Å². The summed E-state index contributed by atoms with van der Waals surface area (Å²) in [6.07, 6.45) is -0.744. The third-order valence-corrected chi connectivity index (χ3v) is 4.61. The van der Waals surface area contributed by atoms with Crippen molar-refractivity contribution in [1.82, 2.24) is 0 Å². The van der Waals surface area contributed by atoms with E-state index in [1.165, 1.54) is 6.07 Å². The maximum absolute atomic E-state index is 14.4. The van der Waals surface area contributed by atoms with Crippen molar-refractivity contribution in [1.29, 1.82) is 0 Å². The third kappa shape index (κ3) is 4.90. The summed E-state index contributed by atoms with van der Waals surface area (Å²) in [6, 6.07) is 9.87. The molecule has 2 aromatic rings. The van der Waals surface area contributed by atoms with E-state index in [2.05, 4.69) is 5.32 Å². The van der Waals surface area contributed by atoms with Gasteiger partial charge in [0.1, 0.15) is 11.6 Å². The summed E-state index contributed by atoms with van der Waals surface area (Å²) in [6.45, 7) is 5.95. The number of carbonyl (C=O) groups excluding carboxylic acids is 1. The van der Waals surface area contributed by atoms with Gasteiger partial charge in [0.25, 0.3) is 5.91 Å². The number of rotatable bonds is 5. The first-order valence-corrected chi connectivity index (χ1v) is 9.18. The molecule has 0 aliphatic carbocycles. The van der Waals surface area contributed by atoms with E-state index in [-0.39, 0.29) is 11.7 Å². The van der Waals surface area contributed by atoms with Crippen molar-refractivity contribution in [2.45, 2.75) is 20.0 Å². The molecular formula is C20H22ClFN2O3. The lowest BCUT2D eigenvalue weighted by molar-refractivity contribution is -0.122. The Bertz CT molecular complexity index is 825. The summed E-state index contributed by atoms with van der Waals surface area (Å²) < 4.78 is 25.4.